The number of hydrogen-bond donors (Lipinski definition) is 1. The van der Waals surface area contributed by atoms with E-state index in [-0.39, 0.29) is 25.0 Å². The maximum absolute atomic E-state index is 15.3. The van der Waals surface area contributed by atoms with Crippen LogP contribution in [0.1, 0.15) is 56.2 Å². The number of methoxy groups -OCH3 is 2. The lowest BCUT2D eigenvalue weighted by atomic mass is 9.94. The number of hydrogen-bond acceptors (Lipinski definition) is 10. The average Bonchev–Trinajstić information content (AvgIpc) is 3.59. The van der Waals surface area contributed by atoms with E-state index in [2.05, 4.69) is 15.2 Å². The van der Waals surface area contributed by atoms with Crippen molar-refractivity contribution >= 4 is 46.5 Å². The molecule has 2 atom stereocenters. The van der Waals surface area contributed by atoms with Crippen LogP contribution in [-0.2, 0) is 27.2 Å². The molecule has 0 saturated carbocycles. The first-order chi connectivity index (χ1) is 23.6. The number of piperidine rings is 1. The number of aromatic nitrogens is 1. The van der Waals surface area contributed by atoms with Gasteiger partial charge in [0, 0.05) is 36.5 Å². The molecule has 0 bridgehead atoms. The van der Waals surface area contributed by atoms with Gasteiger partial charge in [-0.25, -0.2) is 19.0 Å². The Morgan fingerprint density at radius 3 is 2.32 bits per heavy atom. The van der Waals surface area contributed by atoms with E-state index in [1.165, 1.54) is 18.4 Å². The number of aromatic amines is 1. The zero-order valence-corrected chi connectivity index (χ0v) is 30.2. The molecule has 2 aromatic carbocycles. The molecule has 1 fully saturated rings. The van der Waals surface area contributed by atoms with Gasteiger partial charge >= 0.3 is 11.9 Å². The summed E-state index contributed by atoms with van der Waals surface area (Å²) in [4.78, 5) is 32.9. The Kier molecular flexibility index (Phi) is 14.0. The lowest BCUT2D eigenvalue weighted by Crippen LogP contribution is -2.44. The average molecular weight is 749 g/mol. The fraction of sp³-hybridized carbons (Fsp3) is 0.361. The predicted molar refractivity (Wildman–Crippen MR) is 188 cm³/mol. The number of likely N-dealkylation sites (tertiary alicyclic amines) is 1. The molecule has 1 aliphatic heterocycles. The SMILES string of the molecule is COc1ccc([C@H](Cc2c(Cl)c[nH+]cc2Cl)OC(=O)c2ccc(CNC(C(=O)OCC3(F)CCN(C)CC3)c3ccccc3)s2)cc1OC.[OH-]. The molecule has 268 valence electrons. The van der Waals surface area contributed by atoms with Gasteiger partial charge in [0.05, 0.1) is 14.2 Å². The minimum absolute atomic E-state index is 0. The van der Waals surface area contributed by atoms with Gasteiger partial charge in [-0.2, -0.15) is 0 Å². The lowest BCUT2D eigenvalue weighted by molar-refractivity contribution is -0.377. The molecule has 0 radical (unpaired) electrons. The molecule has 1 saturated heterocycles. The van der Waals surface area contributed by atoms with Gasteiger partial charge in [-0.1, -0.05) is 59.6 Å². The van der Waals surface area contributed by atoms with Crippen LogP contribution in [0.15, 0.2) is 73.1 Å². The summed E-state index contributed by atoms with van der Waals surface area (Å²) < 4.78 is 37.8. The summed E-state index contributed by atoms with van der Waals surface area (Å²) in [5.74, 6) is -0.104. The van der Waals surface area contributed by atoms with E-state index >= 15 is 4.39 Å². The van der Waals surface area contributed by atoms with Crippen LogP contribution < -0.4 is 19.8 Å². The van der Waals surface area contributed by atoms with E-state index in [9.17, 15) is 9.59 Å². The van der Waals surface area contributed by atoms with E-state index in [1.54, 1.807) is 49.8 Å². The number of benzene rings is 2. The molecule has 3 N–H and O–H groups in total. The van der Waals surface area contributed by atoms with Crippen molar-refractivity contribution in [3.05, 3.63) is 110 Å². The van der Waals surface area contributed by atoms with Crippen LogP contribution in [-0.4, -0.2) is 68.9 Å². The normalized spacial score (nSPS) is 15.3. The molecule has 1 unspecified atom stereocenters. The number of halogens is 3. The molecule has 0 amide bonds. The second kappa shape index (κ2) is 17.9. The van der Waals surface area contributed by atoms with Crippen molar-refractivity contribution in [1.29, 1.82) is 0 Å². The number of esters is 2. The molecule has 50 heavy (non-hydrogen) atoms. The first-order valence-electron chi connectivity index (χ1n) is 15.8. The second-order valence-electron chi connectivity index (χ2n) is 11.9. The van der Waals surface area contributed by atoms with Crippen molar-refractivity contribution in [2.45, 2.75) is 43.6 Å². The number of carbonyl (C=O) groups excluding carboxylic acids is 2. The van der Waals surface area contributed by atoms with Gasteiger partial charge in [0.25, 0.3) is 0 Å². The van der Waals surface area contributed by atoms with Gasteiger partial charge in [0.15, 0.2) is 23.9 Å². The summed E-state index contributed by atoms with van der Waals surface area (Å²) in [6.07, 6.45) is 3.27. The molecule has 14 heteroatoms. The quantitative estimate of drug-likeness (QED) is 0.141. The van der Waals surface area contributed by atoms with Crippen LogP contribution in [0.5, 0.6) is 11.5 Å². The number of H-pyrrole nitrogens is 1. The van der Waals surface area contributed by atoms with Gasteiger partial charge in [-0.3, -0.25) is 5.32 Å². The Bertz CT molecular complexity index is 1720. The first-order valence-corrected chi connectivity index (χ1v) is 17.3. The number of thiophene rings is 1. The van der Waals surface area contributed by atoms with Crippen LogP contribution in [0.25, 0.3) is 0 Å². The highest BCUT2D eigenvalue weighted by Crippen LogP contribution is 2.36. The van der Waals surface area contributed by atoms with Crippen LogP contribution in [0, 0.1) is 0 Å². The van der Waals surface area contributed by atoms with E-state index in [1.807, 2.05) is 37.4 Å². The third-order valence-electron chi connectivity index (χ3n) is 8.48. The zero-order chi connectivity index (χ0) is 35.0. The summed E-state index contributed by atoms with van der Waals surface area (Å²) in [7, 11) is 5.02. The number of nitrogens with zero attached hydrogens (tertiary/aromatic N) is 1. The fourth-order valence-corrected chi connectivity index (χ4v) is 6.91. The van der Waals surface area contributed by atoms with E-state index < -0.39 is 29.8 Å². The Hall–Kier alpha value is -3.78. The molecule has 10 nitrogen and oxygen atoms in total. The van der Waals surface area contributed by atoms with Crippen molar-refractivity contribution in [2.75, 3.05) is 41.0 Å². The molecular weight excluding hydrogens is 708 g/mol. The predicted octanol–water partition coefficient (Wildman–Crippen LogP) is 6.66. The van der Waals surface area contributed by atoms with Crippen molar-refractivity contribution in [1.82, 2.24) is 10.2 Å². The maximum Gasteiger partial charge on any atom is 0.348 e. The van der Waals surface area contributed by atoms with Crippen LogP contribution >= 0.6 is 34.5 Å². The minimum Gasteiger partial charge on any atom is -0.870 e. The summed E-state index contributed by atoms with van der Waals surface area (Å²) in [5, 5.41) is 4.04. The monoisotopic (exact) mass is 747 g/mol. The number of alkyl halides is 1. The zero-order valence-electron chi connectivity index (χ0n) is 27.9. The smallest absolute Gasteiger partial charge is 0.348 e. The lowest BCUT2D eigenvalue weighted by Gasteiger charge is -2.34. The van der Waals surface area contributed by atoms with Gasteiger partial charge in [-0.05, 0) is 55.3 Å². The Morgan fingerprint density at radius 2 is 1.66 bits per heavy atom. The molecule has 5 rings (SSSR count). The number of ether oxygens (including phenoxy) is 4. The van der Waals surface area contributed by atoms with Gasteiger partial charge in [-0.15, -0.1) is 11.3 Å². The van der Waals surface area contributed by atoms with Gasteiger partial charge in [0.1, 0.15) is 39.3 Å². The van der Waals surface area contributed by atoms with Crippen LogP contribution in [0.4, 0.5) is 4.39 Å². The van der Waals surface area contributed by atoms with Crippen molar-refractivity contribution in [2.24, 2.45) is 0 Å². The number of nitrogens with one attached hydrogen (secondary N) is 2. The van der Waals surface area contributed by atoms with Crippen LogP contribution in [0.3, 0.4) is 0 Å². The fourth-order valence-electron chi connectivity index (χ4n) is 5.54. The number of carbonyl (C=O) groups is 2. The standard InChI is InChI=1S/C36H38Cl2FN3O6S.H2O/c1-42-15-13-36(39,14-16-42)22-47-35(44)33(23-7-5-4-6-8-23)41-19-25-10-12-32(49-25)34(43)48-30(18-26-27(37)20-40-21-28(26)38)24-9-11-29(45-2)31(17-24)46-3;/h4-12,17,20-21,30,33,41H,13-16,18-19,22H2,1-3H3;1H2/t30-,33?;/m0./s1. The van der Waals surface area contributed by atoms with E-state index in [0.717, 1.165) is 4.88 Å². The Balaban J connectivity index is 0.00000562. The van der Waals surface area contributed by atoms with E-state index in [4.69, 9.17) is 42.1 Å². The molecule has 1 aliphatic rings. The molecule has 3 heterocycles. The van der Waals surface area contributed by atoms with Crippen LogP contribution in [0.2, 0.25) is 10.0 Å². The highest BCUT2D eigenvalue weighted by Gasteiger charge is 2.36. The largest absolute Gasteiger partial charge is 0.870 e. The molecular formula is C36H40Cl2FN3O7S. The molecule has 2 aromatic heterocycles. The Labute approximate surface area is 304 Å². The number of rotatable bonds is 14. The highest BCUT2D eigenvalue weighted by molar-refractivity contribution is 7.13. The summed E-state index contributed by atoms with van der Waals surface area (Å²) in [6.45, 7) is 1.18. The first kappa shape index (κ1) is 39.0. The minimum atomic E-state index is -1.54. The van der Waals surface area contributed by atoms with Crippen molar-refractivity contribution < 1.29 is 43.4 Å². The summed E-state index contributed by atoms with van der Waals surface area (Å²) >= 11 is 14.2. The highest BCUT2D eigenvalue weighted by atomic mass is 35.5. The van der Waals surface area contributed by atoms with E-state index in [0.29, 0.717) is 69.0 Å². The second-order valence-corrected chi connectivity index (χ2v) is 13.9. The third kappa shape index (κ3) is 9.93. The molecule has 0 aliphatic carbocycles. The van der Waals surface area contributed by atoms with Gasteiger partial charge in [0.2, 0.25) is 0 Å². The topological polar surface area (TPSA) is 130 Å². The maximum atomic E-state index is 15.3. The molecule has 4 aromatic rings. The summed E-state index contributed by atoms with van der Waals surface area (Å²) in [5.41, 5.74) is 0.410. The Morgan fingerprint density at radius 1 is 0.980 bits per heavy atom. The third-order valence-corrected chi connectivity index (χ3v) is 10.2. The summed E-state index contributed by atoms with van der Waals surface area (Å²) in [6, 6.07) is 17.0. The van der Waals surface area contributed by atoms with Gasteiger partial charge < -0.3 is 29.3 Å². The van der Waals surface area contributed by atoms with Crippen molar-refractivity contribution in [3.8, 4) is 11.5 Å². The number of pyridine rings is 1. The van der Waals surface area contributed by atoms with Crippen molar-refractivity contribution in [3.63, 3.8) is 0 Å². The molecule has 0 spiro atoms.